The first-order valence-corrected chi connectivity index (χ1v) is 13.3. The molecule has 41 heavy (non-hydrogen) atoms. The number of carbonyl (C=O) groups excluding carboxylic acids is 1. The van der Waals surface area contributed by atoms with E-state index in [1.54, 1.807) is 27.9 Å². The first kappa shape index (κ1) is 25.4. The van der Waals surface area contributed by atoms with Crippen molar-refractivity contribution in [2.45, 2.75) is 24.4 Å². The number of fused-ring (bicyclic) bond motifs is 2. The van der Waals surface area contributed by atoms with Crippen molar-refractivity contribution in [3.05, 3.63) is 125 Å². The van der Waals surface area contributed by atoms with Gasteiger partial charge in [-0.05, 0) is 78.1 Å². The van der Waals surface area contributed by atoms with Crippen LogP contribution in [-0.4, -0.2) is 38.7 Å². The molecule has 2 aliphatic rings. The minimum atomic E-state index is -4.52. The van der Waals surface area contributed by atoms with E-state index in [0.717, 1.165) is 39.8 Å². The van der Waals surface area contributed by atoms with E-state index in [4.69, 9.17) is 0 Å². The normalized spacial score (nSPS) is 21.7. The van der Waals surface area contributed by atoms with Gasteiger partial charge in [0, 0.05) is 36.0 Å². The third-order valence-electron chi connectivity index (χ3n) is 8.62. The van der Waals surface area contributed by atoms with Gasteiger partial charge in [0.2, 0.25) is 0 Å². The lowest BCUT2D eigenvalue weighted by atomic mass is 9.86. The molecular formula is C32H24F4N4O. The Bertz CT molecular complexity index is 1780. The van der Waals surface area contributed by atoms with E-state index < -0.39 is 11.7 Å². The van der Waals surface area contributed by atoms with Crippen LogP contribution in [0.25, 0.3) is 16.6 Å². The molecule has 3 heterocycles. The molecule has 7 rings (SSSR count). The van der Waals surface area contributed by atoms with E-state index in [9.17, 15) is 22.4 Å². The number of pyridine rings is 1. The number of hydrogen-bond acceptors (Lipinski definition) is 3. The fourth-order valence-corrected chi connectivity index (χ4v) is 6.74. The lowest BCUT2D eigenvalue weighted by Crippen LogP contribution is -2.35. The molecule has 2 fully saturated rings. The van der Waals surface area contributed by atoms with Gasteiger partial charge in [0.1, 0.15) is 11.5 Å². The van der Waals surface area contributed by atoms with Crippen molar-refractivity contribution in [3.8, 4) is 5.69 Å². The molecule has 0 radical (unpaired) electrons. The topological polar surface area (TPSA) is 51.0 Å². The second kappa shape index (κ2) is 8.99. The average molecular weight is 557 g/mol. The van der Waals surface area contributed by atoms with Crippen molar-refractivity contribution in [1.82, 2.24) is 19.7 Å². The number of halogens is 4. The van der Waals surface area contributed by atoms with Crippen LogP contribution in [0.5, 0.6) is 0 Å². The number of alkyl halides is 3. The van der Waals surface area contributed by atoms with Crippen LogP contribution in [0.4, 0.5) is 17.6 Å². The SMILES string of the molecule is Cc1cc2c(cnn2-c2ccc(F)cc2)cc1C12CN(C(=O)c3ccc(C(F)(F)F)cn3)CC1C2c1ccccc1. The number of carbonyl (C=O) groups is 1. The predicted molar refractivity (Wildman–Crippen MR) is 145 cm³/mol. The Labute approximate surface area is 233 Å². The number of aromatic nitrogens is 3. The van der Waals surface area contributed by atoms with E-state index in [1.807, 2.05) is 25.1 Å². The highest BCUT2D eigenvalue weighted by molar-refractivity contribution is 5.93. The van der Waals surface area contributed by atoms with Crippen molar-refractivity contribution in [3.63, 3.8) is 0 Å². The monoisotopic (exact) mass is 556 g/mol. The van der Waals surface area contributed by atoms with Gasteiger partial charge in [-0.3, -0.25) is 9.78 Å². The molecule has 1 aliphatic carbocycles. The lowest BCUT2D eigenvalue weighted by molar-refractivity contribution is -0.137. The molecule has 0 bridgehead atoms. The second-order valence-corrected chi connectivity index (χ2v) is 10.9. The summed E-state index contributed by atoms with van der Waals surface area (Å²) in [6.07, 6.45) is -2.02. The summed E-state index contributed by atoms with van der Waals surface area (Å²) in [7, 11) is 0. The van der Waals surface area contributed by atoms with Crippen LogP contribution in [0.2, 0.25) is 0 Å². The molecule has 5 aromatic rings. The number of aryl methyl sites for hydroxylation is 1. The minimum absolute atomic E-state index is 0.00143. The molecule has 206 valence electrons. The standard InChI is InChI=1S/C32H24F4N4O/c1-19-13-28-21(15-38-40(28)24-10-8-23(33)9-11-24)14-25(19)31-18-39(17-26(31)29(31)20-5-3-2-4-6-20)30(41)27-12-7-22(16-37-27)32(34,35)36/h2-16,26,29H,17-18H2,1H3. The van der Waals surface area contributed by atoms with E-state index in [1.165, 1.54) is 17.7 Å². The van der Waals surface area contributed by atoms with E-state index in [2.05, 4.69) is 34.3 Å². The predicted octanol–water partition coefficient (Wildman–Crippen LogP) is 6.69. The molecule has 5 nitrogen and oxygen atoms in total. The smallest absolute Gasteiger partial charge is 0.336 e. The van der Waals surface area contributed by atoms with Crippen LogP contribution < -0.4 is 0 Å². The summed E-state index contributed by atoms with van der Waals surface area (Å²) in [5, 5.41) is 5.49. The van der Waals surface area contributed by atoms with Gasteiger partial charge in [-0.1, -0.05) is 30.3 Å². The van der Waals surface area contributed by atoms with Crippen molar-refractivity contribution >= 4 is 16.8 Å². The zero-order chi connectivity index (χ0) is 28.5. The third-order valence-corrected chi connectivity index (χ3v) is 8.62. The highest BCUT2D eigenvalue weighted by atomic mass is 19.4. The van der Waals surface area contributed by atoms with Crippen LogP contribution in [0.1, 0.15) is 38.7 Å². The average Bonchev–Trinajstić information content (AvgIpc) is 3.22. The number of rotatable bonds is 4. The fourth-order valence-electron chi connectivity index (χ4n) is 6.74. The maximum Gasteiger partial charge on any atom is 0.417 e. The zero-order valence-electron chi connectivity index (χ0n) is 21.9. The van der Waals surface area contributed by atoms with Gasteiger partial charge in [0.15, 0.2) is 0 Å². The zero-order valence-corrected chi connectivity index (χ0v) is 21.9. The molecule has 1 amide bonds. The van der Waals surface area contributed by atoms with Gasteiger partial charge in [0.05, 0.1) is 23.0 Å². The number of hydrogen-bond donors (Lipinski definition) is 0. The maximum atomic E-state index is 13.5. The Morgan fingerprint density at radius 2 is 1.73 bits per heavy atom. The fraction of sp³-hybridized carbons (Fsp3) is 0.219. The Balaban J connectivity index is 1.26. The quantitative estimate of drug-likeness (QED) is 0.232. The molecule has 0 spiro atoms. The summed E-state index contributed by atoms with van der Waals surface area (Å²) in [5.74, 6) is -0.357. The number of nitrogens with zero attached hydrogens (tertiary/aromatic N) is 4. The molecule has 1 saturated heterocycles. The minimum Gasteiger partial charge on any atom is -0.336 e. The molecular weight excluding hydrogens is 532 g/mol. The van der Waals surface area contributed by atoms with Crippen LogP contribution in [0, 0.1) is 18.7 Å². The van der Waals surface area contributed by atoms with Gasteiger partial charge < -0.3 is 4.90 Å². The van der Waals surface area contributed by atoms with Gasteiger partial charge in [-0.15, -0.1) is 0 Å². The molecule has 2 aromatic heterocycles. The van der Waals surface area contributed by atoms with Crippen LogP contribution in [0.3, 0.4) is 0 Å². The first-order chi connectivity index (χ1) is 19.7. The Morgan fingerprint density at radius 3 is 2.41 bits per heavy atom. The van der Waals surface area contributed by atoms with Crippen LogP contribution in [0.15, 0.2) is 91.3 Å². The number of benzene rings is 3. The molecule has 1 saturated carbocycles. The molecule has 3 unspecified atom stereocenters. The van der Waals surface area contributed by atoms with Crippen LogP contribution >= 0.6 is 0 Å². The largest absolute Gasteiger partial charge is 0.417 e. The summed E-state index contributed by atoms with van der Waals surface area (Å²) in [6, 6.07) is 22.6. The van der Waals surface area contributed by atoms with E-state index in [-0.39, 0.29) is 34.7 Å². The number of piperidine rings is 1. The van der Waals surface area contributed by atoms with Crippen molar-refractivity contribution in [2.75, 3.05) is 13.1 Å². The third kappa shape index (κ3) is 4.02. The summed E-state index contributed by atoms with van der Waals surface area (Å²) in [4.78, 5) is 19.0. The van der Waals surface area contributed by atoms with Gasteiger partial charge >= 0.3 is 6.18 Å². The molecule has 3 aromatic carbocycles. The Hall–Kier alpha value is -4.53. The number of amides is 1. The van der Waals surface area contributed by atoms with Crippen molar-refractivity contribution in [1.29, 1.82) is 0 Å². The van der Waals surface area contributed by atoms with E-state index >= 15 is 0 Å². The van der Waals surface area contributed by atoms with Gasteiger partial charge in [-0.2, -0.15) is 18.3 Å². The molecule has 0 N–H and O–H groups in total. The number of likely N-dealkylation sites (tertiary alicyclic amines) is 1. The first-order valence-electron chi connectivity index (χ1n) is 13.3. The summed E-state index contributed by atoms with van der Waals surface area (Å²) >= 11 is 0. The Morgan fingerprint density at radius 1 is 0.976 bits per heavy atom. The summed E-state index contributed by atoms with van der Waals surface area (Å²) in [5.41, 5.74) is 3.77. The molecule has 9 heteroatoms. The summed E-state index contributed by atoms with van der Waals surface area (Å²) in [6.45, 7) is 2.95. The highest BCUT2D eigenvalue weighted by Gasteiger charge is 2.71. The van der Waals surface area contributed by atoms with Crippen LogP contribution in [-0.2, 0) is 11.6 Å². The summed E-state index contributed by atoms with van der Waals surface area (Å²) < 4.78 is 54.4. The highest BCUT2D eigenvalue weighted by Crippen LogP contribution is 2.69. The van der Waals surface area contributed by atoms with Gasteiger partial charge in [-0.25, -0.2) is 9.07 Å². The molecule has 3 atom stereocenters. The molecule has 1 aliphatic heterocycles. The lowest BCUT2D eigenvalue weighted by Gasteiger charge is -2.25. The Kier molecular flexibility index (Phi) is 5.58. The van der Waals surface area contributed by atoms with Gasteiger partial charge in [0.25, 0.3) is 5.91 Å². The second-order valence-electron chi connectivity index (χ2n) is 10.9. The van der Waals surface area contributed by atoms with Crippen molar-refractivity contribution in [2.24, 2.45) is 5.92 Å². The maximum absolute atomic E-state index is 13.5. The van der Waals surface area contributed by atoms with E-state index in [0.29, 0.717) is 19.3 Å². The van der Waals surface area contributed by atoms with Crippen molar-refractivity contribution < 1.29 is 22.4 Å².